The van der Waals surface area contributed by atoms with Crippen molar-refractivity contribution < 1.29 is 0 Å². The molecule has 1 nitrogen and oxygen atoms in total. The molecule has 0 amide bonds. The molecule has 2 heteroatoms. The molecule has 0 radical (unpaired) electrons. The molecule has 0 spiro atoms. The number of para-hydroxylation sites is 1. The van der Waals surface area contributed by atoms with Gasteiger partial charge in [0.05, 0.1) is 11.6 Å². The Labute approximate surface area is 65.4 Å². The van der Waals surface area contributed by atoms with Gasteiger partial charge in [-0.25, -0.2) is 0 Å². The van der Waals surface area contributed by atoms with Gasteiger partial charge in [-0.3, -0.25) is 4.99 Å². The fourth-order valence-electron chi connectivity index (χ4n) is 0.654. The maximum absolute atomic E-state index is 5.40. The van der Waals surface area contributed by atoms with Gasteiger partial charge in [0.2, 0.25) is 0 Å². The summed E-state index contributed by atoms with van der Waals surface area (Å²) < 4.78 is 0. The maximum atomic E-state index is 5.40. The van der Waals surface area contributed by atoms with Gasteiger partial charge in [-0.1, -0.05) is 18.2 Å². The van der Waals surface area contributed by atoms with Crippen LogP contribution in [0.1, 0.15) is 0 Å². The Hall–Kier alpha value is -0.820. The summed E-state index contributed by atoms with van der Waals surface area (Å²) in [7, 11) is 0. The molecule has 1 aromatic carbocycles. The normalized spacial score (nSPS) is 10.5. The fourth-order valence-corrected chi connectivity index (χ4v) is 0.723. The number of benzene rings is 1. The first-order chi connectivity index (χ1) is 4.93. The third kappa shape index (κ3) is 2.19. The van der Waals surface area contributed by atoms with Crippen molar-refractivity contribution in [2.45, 2.75) is 0 Å². The van der Waals surface area contributed by atoms with Crippen molar-refractivity contribution in [3.63, 3.8) is 0 Å². The van der Waals surface area contributed by atoms with Crippen molar-refractivity contribution in [2.75, 3.05) is 5.88 Å². The zero-order valence-electron chi connectivity index (χ0n) is 5.50. The highest BCUT2D eigenvalue weighted by Crippen LogP contribution is 2.07. The SMILES string of the molecule is ClC/C=N/c1ccccc1. The second-order valence-electron chi connectivity index (χ2n) is 1.80. The molecule has 0 N–H and O–H groups in total. The van der Waals surface area contributed by atoms with Crippen molar-refractivity contribution in [1.82, 2.24) is 0 Å². The molecule has 0 unspecified atom stereocenters. The highest BCUT2D eigenvalue weighted by atomic mass is 35.5. The van der Waals surface area contributed by atoms with E-state index in [1.807, 2.05) is 30.3 Å². The minimum Gasteiger partial charge on any atom is -0.260 e. The number of rotatable bonds is 2. The number of hydrogen-bond donors (Lipinski definition) is 0. The summed E-state index contributed by atoms with van der Waals surface area (Å²) in [6.45, 7) is 0. The van der Waals surface area contributed by atoms with Gasteiger partial charge < -0.3 is 0 Å². The lowest BCUT2D eigenvalue weighted by atomic mass is 10.3. The van der Waals surface area contributed by atoms with E-state index in [4.69, 9.17) is 11.6 Å². The first kappa shape index (κ1) is 7.29. The molecule has 0 fully saturated rings. The Morgan fingerprint density at radius 3 is 2.60 bits per heavy atom. The van der Waals surface area contributed by atoms with Gasteiger partial charge in [-0.2, -0.15) is 0 Å². The first-order valence-electron chi connectivity index (χ1n) is 3.07. The highest BCUT2D eigenvalue weighted by Gasteiger charge is 1.80. The van der Waals surface area contributed by atoms with E-state index < -0.39 is 0 Å². The zero-order valence-corrected chi connectivity index (χ0v) is 6.25. The number of hydrogen-bond acceptors (Lipinski definition) is 1. The summed E-state index contributed by atoms with van der Waals surface area (Å²) in [4.78, 5) is 4.07. The van der Waals surface area contributed by atoms with Crippen LogP contribution >= 0.6 is 11.6 Å². The second kappa shape index (κ2) is 4.07. The predicted molar refractivity (Wildman–Crippen MR) is 45.3 cm³/mol. The molecule has 0 heterocycles. The number of nitrogens with zero attached hydrogens (tertiary/aromatic N) is 1. The topological polar surface area (TPSA) is 12.4 Å². The molecule has 0 bridgehead atoms. The molecule has 0 saturated heterocycles. The highest BCUT2D eigenvalue weighted by molar-refractivity contribution is 6.24. The third-order valence-electron chi connectivity index (χ3n) is 1.07. The Morgan fingerprint density at radius 2 is 2.00 bits per heavy atom. The molecule has 10 heavy (non-hydrogen) atoms. The zero-order chi connectivity index (χ0) is 7.23. The summed E-state index contributed by atoms with van der Waals surface area (Å²) >= 11 is 5.40. The molecule has 1 rings (SSSR count). The molecular weight excluding hydrogens is 146 g/mol. The fraction of sp³-hybridized carbons (Fsp3) is 0.125. The lowest BCUT2D eigenvalue weighted by molar-refractivity contribution is 1.53. The third-order valence-corrected chi connectivity index (χ3v) is 1.20. The van der Waals surface area contributed by atoms with Crippen LogP contribution in [-0.2, 0) is 0 Å². The Balaban J connectivity index is 2.67. The van der Waals surface area contributed by atoms with E-state index in [2.05, 4.69) is 4.99 Å². The van der Waals surface area contributed by atoms with Crippen molar-refractivity contribution in [3.05, 3.63) is 30.3 Å². The number of aliphatic imine (C=N–C) groups is 1. The Bertz CT molecular complexity index is 206. The van der Waals surface area contributed by atoms with Crippen LogP contribution in [0.4, 0.5) is 5.69 Å². The van der Waals surface area contributed by atoms with Gasteiger partial charge in [0, 0.05) is 6.21 Å². The predicted octanol–water partition coefficient (Wildman–Crippen LogP) is 2.63. The van der Waals surface area contributed by atoms with Gasteiger partial charge in [-0.15, -0.1) is 11.6 Å². The van der Waals surface area contributed by atoms with Gasteiger partial charge in [-0.05, 0) is 12.1 Å². The van der Waals surface area contributed by atoms with Crippen LogP contribution in [0.3, 0.4) is 0 Å². The molecule has 0 atom stereocenters. The lowest BCUT2D eigenvalue weighted by Gasteiger charge is -1.87. The van der Waals surface area contributed by atoms with Crippen LogP contribution in [0.5, 0.6) is 0 Å². The second-order valence-corrected chi connectivity index (χ2v) is 2.11. The summed E-state index contributed by atoms with van der Waals surface area (Å²) in [5, 5.41) is 0. The van der Waals surface area contributed by atoms with Crippen molar-refractivity contribution in [3.8, 4) is 0 Å². The van der Waals surface area contributed by atoms with Crippen LogP contribution in [-0.4, -0.2) is 12.1 Å². The lowest BCUT2D eigenvalue weighted by Crippen LogP contribution is -1.70. The minimum absolute atomic E-state index is 0.467. The summed E-state index contributed by atoms with van der Waals surface area (Å²) in [6.07, 6.45) is 1.68. The van der Waals surface area contributed by atoms with E-state index in [-0.39, 0.29) is 0 Å². The maximum Gasteiger partial charge on any atom is 0.0626 e. The molecule has 1 aromatic rings. The minimum atomic E-state index is 0.467. The van der Waals surface area contributed by atoms with E-state index in [1.54, 1.807) is 6.21 Å². The van der Waals surface area contributed by atoms with Gasteiger partial charge in [0.1, 0.15) is 0 Å². The van der Waals surface area contributed by atoms with Gasteiger partial charge in [0.15, 0.2) is 0 Å². The van der Waals surface area contributed by atoms with E-state index >= 15 is 0 Å². The number of alkyl halides is 1. The Morgan fingerprint density at radius 1 is 1.30 bits per heavy atom. The van der Waals surface area contributed by atoms with Crippen LogP contribution in [0, 0.1) is 0 Å². The van der Waals surface area contributed by atoms with Crippen molar-refractivity contribution in [1.29, 1.82) is 0 Å². The van der Waals surface area contributed by atoms with Crippen molar-refractivity contribution in [2.24, 2.45) is 4.99 Å². The van der Waals surface area contributed by atoms with Gasteiger partial charge in [0.25, 0.3) is 0 Å². The molecule has 0 aliphatic carbocycles. The molecule has 0 aliphatic heterocycles. The summed E-state index contributed by atoms with van der Waals surface area (Å²) in [5.74, 6) is 0.467. The smallest absolute Gasteiger partial charge is 0.0626 e. The molecule has 0 saturated carbocycles. The molecule has 0 aliphatic rings. The first-order valence-corrected chi connectivity index (χ1v) is 3.60. The van der Waals surface area contributed by atoms with Crippen LogP contribution in [0.15, 0.2) is 35.3 Å². The molecular formula is C8H8ClN. The summed E-state index contributed by atoms with van der Waals surface area (Å²) in [6, 6.07) is 9.72. The van der Waals surface area contributed by atoms with Gasteiger partial charge >= 0.3 is 0 Å². The van der Waals surface area contributed by atoms with E-state index in [0.717, 1.165) is 5.69 Å². The quantitative estimate of drug-likeness (QED) is 0.458. The van der Waals surface area contributed by atoms with E-state index in [1.165, 1.54) is 0 Å². The van der Waals surface area contributed by atoms with Crippen LogP contribution < -0.4 is 0 Å². The van der Waals surface area contributed by atoms with E-state index in [0.29, 0.717) is 5.88 Å². The van der Waals surface area contributed by atoms with Crippen LogP contribution in [0.2, 0.25) is 0 Å². The van der Waals surface area contributed by atoms with Crippen molar-refractivity contribution >= 4 is 23.5 Å². The van der Waals surface area contributed by atoms with E-state index in [9.17, 15) is 0 Å². The van der Waals surface area contributed by atoms with Crippen LogP contribution in [0.25, 0.3) is 0 Å². The Kier molecular flexibility index (Phi) is 2.97. The monoisotopic (exact) mass is 153 g/mol. The molecule has 0 aromatic heterocycles. The number of halogens is 1. The summed E-state index contributed by atoms with van der Waals surface area (Å²) in [5.41, 5.74) is 0.947. The average Bonchev–Trinajstić information content (AvgIpc) is 2.03. The average molecular weight is 154 g/mol. The largest absolute Gasteiger partial charge is 0.260 e. The standard InChI is InChI=1S/C8H8ClN/c9-6-7-10-8-4-2-1-3-5-8/h1-5,7H,6H2/b10-7+. The molecule has 52 valence electrons.